The van der Waals surface area contributed by atoms with Crippen LogP contribution >= 0.6 is 11.6 Å². The highest BCUT2D eigenvalue weighted by atomic mass is 35.5. The summed E-state index contributed by atoms with van der Waals surface area (Å²) < 4.78 is 0. The minimum Gasteiger partial charge on any atom is -0.386 e. The predicted octanol–water partition coefficient (Wildman–Crippen LogP) is 2.68. The van der Waals surface area contributed by atoms with Crippen LogP contribution in [0, 0.1) is 6.92 Å². The Balaban J connectivity index is 2.38. The van der Waals surface area contributed by atoms with Crippen LogP contribution in [0.4, 0.5) is 5.69 Å². The summed E-state index contributed by atoms with van der Waals surface area (Å²) >= 11 is 5.60. The highest BCUT2D eigenvalue weighted by Gasteiger charge is 2.01. The van der Waals surface area contributed by atoms with Crippen LogP contribution in [0.5, 0.6) is 0 Å². The maximum absolute atomic E-state index is 5.61. The number of nitrogens with two attached hydrogens (primary N) is 1. The molecule has 2 aromatic rings. The van der Waals surface area contributed by atoms with E-state index in [0.717, 1.165) is 22.8 Å². The van der Waals surface area contributed by atoms with Gasteiger partial charge in [-0.3, -0.25) is 0 Å². The SMILES string of the molecule is Cc1nccc(-c2cccc(N=C(N)CCl)c2)n1. The van der Waals surface area contributed by atoms with Crippen molar-refractivity contribution in [3.8, 4) is 11.3 Å². The number of aromatic nitrogens is 2. The van der Waals surface area contributed by atoms with Crippen LogP contribution in [0.15, 0.2) is 41.5 Å². The molecule has 5 heteroatoms. The topological polar surface area (TPSA) is 64.2 Å². The summed E-state index contributed by atoms with van der Waals surface area (Å²) in [6.45, 7) is 1.86. The van der Waals surface area contributed by atoms with Gasteiger partial charge in [0.1, 0.15) is 11.7 Å². The van der Waals surface area contributed by atoms with E-state index in [1.165, 1.54) is 0 Å². The molecule has 0 aliphatic heterocycles. The normalized spacial score (nSPS) is 11.6. The van der Waals surface area contributed by atoms with Crippen LogP contribution in [-0.2, 0) is 0 Å². The Morgan fingerprint density at radius 2 is 2.22 bits per heavy atom. The van der Waals surface area contributed by atoms with Gasteiger partial charge in [0.25, 0.3) is 0 Å². The molecule has 1 aromatic heterocycles. The number of alkyl halides is 1. The van der Waals surface area contributed by atoms with E-state index in [4.69, 9.17) is 17.3 Å². The summed E-state index contributed by atoms with van der Waals surface area (Å²) in [4.78, 5) is 12.6. The third-order valence-electron chi connectivity index (χ3n) is 2.33. The van der Waals surface area contributed by atoms with Gasteiger partial charge in [0.2, 0.25) is 0 Å². The standard InChI is InChI=1S/C13H13ClN4/c1-9-16-6-5-12(17-9)10-3-2-4-11(7-10)18-13(15)8-14/h2-7H,8H2,1H3,(H2,15,18). The minimum absolute atomic E-state index is 0.219. The summed E-state index contributed by atoms with van der Waals surface area (Å²) in [6.07, 6.45) is 1.74. The maximum Gasteiger partial charge on any atom is 0.125 e. The van der Waals surface area contributed by atoms with Crippen LogP contribution in [0.3, 0.4) is 0 Å². The maximum atomic E-state index is 5.61. The van der Waals surface area contributed by atoms with Gasteiger partial charge >= 0.3 is 0 Å². The lowest BCUT2D eigenvalue weighted by Crippen LogP contribution is -2.12. The van der Waals surface area contributed by atoms with E-state index < -0.39 is 0 Å². The number of rotatable bonds is 3. The third kappa shape index (κ3) is 3.05. The molecule has 0 unspecified atom stereocenters. The Bertz CT molecular complexity index is 581. The van der Waals surface area contributed by atoms with Gasteiger partial charge in [0.15, 0.2) is 0 Å². The van der Waals surface area contributed by atoms with Crippen molar-refractivity contribution in [1.82, 2.24) is 9.97 Å². The van der Waals surface area contributed by atoms with Gasteiger partial charge in [0, 0.05) is 11.8 Å². The Labute approximate surface area is 111 Å². The van der Waals surface area contributed by atoms with Crippen LogP contribution in [0.25, 0.3) is 11.3 Å². The molecule has 0 atom stereocenters. The van der Waals surface area contributed by atoms with Gasteiger partial charge in [-0.2, -0.15) is 0 Å². The highest BCUT2D eigenvalue weighted by molar-refractivity contribution is 6.28. The number of halogens is 1. The van der Waals surface area contributed by atoms with Crippen molar-refractivity contribution in [3.05, 3.63) is 42.4 Å². The Morgan fingerprint density at radius 3 is 2.94 bits per heavy atom. The smallest absolute Gasteiger partial charge is 0.125 e. The first-order valence-electron chi connectivity index (χ1n) is 5.48. The zero-order valence-electron chi connectivity index (χ0n) is 9.97. The molecule has 0 saturated heterocycles. The lowest BCUT2D eigenvalue weighted by atomic mass is 10.1. The van der Waals surface area contributed by atoms with E-state index in [9.17, 15) is 0 Å². The van der Waals surface area contributed by atoms with Gasteiger partial charge < -0.3 is 5.73 Å². The van der Waals surface area contributed by atoms with Crippen molar-refractivity contribution in [2.24, 2.45) is 10.7 Å². The summed E-state index contributed by atoms with van der Waals surface area (Å²) in [6, 6.07) is 9.53. The number of benzene rings is 1. The molecule has 0 amide bonds. The molecule has 92 valence electrons. The fourth-order valence-corrected chi connectivity index (χ4v) is 1.61. The van der Waals surface area contributed by atoms with Crippen LogP contribution < -0.4 is 5.73 Å². The highest BCUT2D eigenvalue weighted by Crippen LogP contribution is 2.22. The average molecular weight is 261 g/mol. The molecule has 2 rings (SSSR count). The largest absolute Gasteiger partial charge is 0.386 e. The monoisotopic (exact) mass is 260 g/mol. The molecule has 0 saturated carbocycles. The quantitative estimate of drug-likeness (QED) is 0.524. The van der Waals surface area contributed by atoms with Crippen molar-refractivity contribution >= 4 is 23.1 Å². The molecule has 0 aliphatic carbocycles. The Hall–Kier alpha value is -1.94. The Morgan fingerprint density at radius 1 is 1.39 bits per heavy atom. The second kappa shape index (κ2) is 5.60. The molecule has 0 fully saturated rings. The third-order valence-corrected chi connectivity index (χ3v) is 2.60. The van der Waals surface area contributed by atoms with Crippen molar-refractivity contribution in [2.75, 3.05) is 5.88 Å². The summed E-state index contributed by atoms with van der Waals surface area (Å²) in [5.41, 5.74) is 8.22. The van der Waals surface area contributed by atoms with Gasteiger partial charge in [-0.05, 0) is 25.1 Å². The zero-order valence-corrected chi connectivity index (χ0v) is 10.7. The van der Waals surface area contributed by atoms with Gasteiger partial charge in [-0.25, -0.2) is 15.0 Å². The van der Waals surface area contributed by atoms with E-state index in [2.05, 4.69) is 15.0 Å². The molecular weight excluding hydrogens is 248 g/mol. The fourth-order valence-electron chi connectivity index (χ4n) is 1.55. The molecule has 4 nitrogen and oxygen atoms in total. The molecule has 1 aromatic carbocycles. The van der Waals surface area contributed by atoms with Crippen molar-refractivity contribution in [1.29, 1.82) is 0 Å². The van der Waals surface area contributed by atoms with Gasteiger partial charge in [-0.1, -0.05) is 12.1 Å². The molecule has 0 bridgehead atoms. The number of hydrogen-bond acceptors (Lipinski definition) is 3. The van der Waals surface area contributed by atoms with E-state index in [-0.39, 0.29) is 5.88 Å². The lowest BCUT2D eigenvalue weighted by Gasteiger charge is -2.03. The number of hydrogen-bond donors (Lipinski definition) is 1. The van der Waals surface area contributed by atoms with Crippen LogP contribution in [-0.4, -0.2) is 21.7 Å². The molecule has 18 heavy (non-hydrogen) atoms. The first-order chi connectivity index (χ1) is 8.69. The summed E-state index contributed by atoms with van der Waals surface area (Å²) in [5.74, 6) is 1.35. The second-order valence-corrected chi connectivity index (χ2v) is 4.04. The summed E-state index contributed by atoms with van der Waals surface area (Å²) in [7, 11) is 0. The van der Waals surface area contributed by atoms with E-state index >= 15 is 0 Å². The van der Waals surface area contributed by atoms with E-state index in [1.807, 2.05) is 37.3 Å². The van der Waals surface area contributed by atoms with E-state index in [1.54, 1.807) is 6.20 Å². The number of aliphatic imine (C=N–C) groups is 1. The van der Waals surface area contributed by atoms with Crippen LogP contribution in [0.2, 0.25) is 0 Å². The molecule has 2 N–H and O–H groups in total. The van der Waals surface area contributed by atoms with Crippen molar-refractivity contribution in [2.45, 2.75) is 6.92 Å². The molecule has 0 aliphatic rings. The Kier molecular flexibility index (Phi) is 3.89. The predicted molar refractivity (Wildman–Crippen MR) is 74.2 cm³/mol. The van der Waals surface area contributed by atoms with E-state index in [0.29, 0.717) is 5.84 Å². The van der Waals surface area contributed by atoms with Gasteiger partial charge in [-0.15, -0.1) is 11.6 Å². The molecule has 1 heterocycles. The van der Waals surface area contributed by atoms with Crippen molar-refractivity contribution in [3.63, 3.8) is 0 Å². The average Bonchev–Trinajstić information content (AvgIpc) is 2.39. The molecular formula is C13H13ClN4. The number of aryl methyl sites for hydroxylation is 1. The molecule has 0 radical (unpaired) electrons. The summed E-state index contributed by atoms with van der Waals surface area (Å²) in [5, 5.41) is 0. The fraction of sp³-hybridized carbons (Fsp3) is 0.154. The first-order valence-corrected chi connectivity index (χ1v) is 6.01. The minimum atomic E-state index is 0.219. The number of amidine groups is 1. The lowest BCUT2D eigenvalue weighted by molar-refractivity contribution is 1.06. The second-order valence-electron chi connectivity index (χ2n) is 3.78. The number of nitrogens with zero attached hydrogens (tertiary/aromatic N) is 3. The molecule has 0 spiro atoms. The zero-order chi connectivity index (χ0) is 13.0. The van der Waals surface area contributed by atoms with Gasteiger partial charge in [0.05, 0.1) is 17.3 Å². The first kappa shape index (κ1) is 12.5. The van der Waals surface area contributed by atoms with Crippen molar-refractivity contribution < 1.29 is 0 Å². The van der Waals surface area contributed by atoms with Crippen LogP contribution in [0.1, 0.15) is 5.82 Å².